The number of halogens is 1. The first-order valence-corrected chi connectivity index (χ1v) is 5.22. The molecule has 2 heterocycles. The summed E-state index contributed by atoms with van der Waals surface area (Å²) >= 11 is 5.93. The molecule has 17 heavy (non-hydrogen) atoms. The van der Waals surface area contributed by atoms with E-state index in [1.807, 2.05) is 0 Å². The van der Waals surface area contributed by atoms with Gasteiger partial charge in [0.05, 0.1) is 24.4 Å². The van der Waals surface area contributed by atoms with Gasteiger partial charge in [0.25, 0.3) is 0 Å². The van der Waals surface area contributed by atoms with Gasteiger partial charge in [0.2, 0.25) is 5.78 Å². The molecule has 0 bridgehead atoms. The summed E-state index contributed by atoms with van der Waals surface area (Å²) in [5, 5.41) is 10.4. The molecule has 0 radical (unpaired) electrons. The van der Waals surface area contributed by atoms with Crippen LogP contribution >= 0.6 is 11.6 Å². The molecule has 90 valence electrons. The summed E-state index contributed by atoms with van der Waals surface area (Å²) in [6.07, 6.45) is 2.68. The Bertz CT molecular complexity index is 507. The van der Waals surface area contributed by atoms with Crippen LogP contribution in [0.2, 0.25) is 5.02 Å². The highest BCUT2D eigenvalue weighted by molar-refractivity contribution is 6.34. The fraction of sp³-hybridized carbons (Fsp3) is 0.333. The average Bonchev–Trinajstić information content (AvgIpc) is 2.95. The number of carbonyl (C=O) groups is 1. The van der Waals surface area contributed by atoms with Gasteiger partial charge in [0.15, 0.2) is 5.82 Å². The van der Waals surface area contributed by atoms with Crippen LogP contribution in [-0.4, -0.2) is 44.5 Å². The number of aromatic amines is 1. The van der Waals surface area contributed by atoms with E-state index in [4.69, 9.17) is 16.3 Å². The van der Waals surface area contributed by atoms with Crippen molar-refractivity contribution in [1.82, 2.24) is 25.0 Å². The van der Waals surface area contributed by atoms with Crippen molar-refractivity contribution in [3.63, 3.8) is 0 Å². The quantitative estimate of drug-likeness (QED) is 0.788. The van der Waals surface area contributed by atoms with Crippen LogP contribution in [0.1, 0.15) is 16.3 Å². The third-order valence-electron chi connectivity index (χ3n) is 2.15. The maximum atomic E-state index is 12.1. The molecule has 8 heteroatoms. The van der Waals surface area contributed by atoms with Gasteiger partial charge in [-0.1, -0.05) is 11.6 Å². The molecular formula is C9H10ClN5O2. The number of rotatable bonds is 5. The minimum absolute atomic E-state index is 0.131. The fourth-order valence-electron chi connectivity index (χ4n) is 1.36. The lowest BCUT2D eigenvalue weighted by atomic mass is 10.2. The lowest BCUT2D eigenvalue weighted by molar-refractivity contribution is 0.101. The Morgan fingerprint density at radius 1 is 1.65 bits per heavy atom. The van der Waals surface area contributed by atoms with Crippen LogP contribution in [0.3, 0.4) is 0 Å². The zero-order chi connectivity index (χ0) is 12.3. The molecule has 0 atom stereocenters. The molecule has 0 spiro atoms. The number of methoxy groups -OCH3 is 1. The number of ether oxygens (including phenoxy) is 1. The lowest BCUT2D eigenvalue weighted by Gasteiger charge is -2.04. The van der Waals surface area contributed by atoms with Crippen molar-refractivity contribution in [3.8, 4) is 0 Å². The minimum atomic E-state index is -0.346. The van der Waals surface area contributed by atoms with Gasteiger partial charge in [-0.15, -0.1) is 0 Å². The van der Waals surface area contributed by atoms with E-state index in [-0.39, 0.29) is 22.3 Å². The number of carbonyl (C=O) groups excluding carboxylic acids is 1. The SMILES string of the molecule is COCCn1ncc(Cl)c1C(=O)c1ncn[nH]1. The molecule has 2 aromatic heterocycles. The molecule has 0 amide bonds. The summed E-state index contributed by atoms with van der Waals surface area (Å²) in [5.41, 5.74) is 0.278. The van der Waals surface area contributed by atoms with Crippen molar-refractivity contribution in [1.29, 1.82) is 0 Å². The first-order chi connectivity index (χ1) is 8.24. The number of H-pyrrole nitrogens is 1. The van der Waals surface area contributed by atoms with Crippen LogP contribution < -0.4 is 0 Å². The highest BCUT2D eigenvalue weighted by Crippen LogP contribution is 2.17. The molecule has 0 aliphatic rings. The molecular weight excluding hydrogens is 246 g/mol. The molecule has 0 saturated carbocycles. The van der Waals surface area contributed by atoms with Gasteiger partial charge in [0.1, 0.15) is 12.0 Å². The van der Waals surface area contributed by atoms with E-state index >= 15 is 0 Å². The number of nitrogens with one attached hydrogen (secondary N) is 1. The van der Waals surface area contributed by atoms with E-state index in [9.17, 15) is 4.79 Å². The second-order valence-corrected chi connectivity index (χ2v) is 3.63. The summed E-state index contributed by atoms with van der Waals surface area (Å²) < 4.78 is 6.41. The minimum Gasteiger partial charge on any atom is -0.383 e. The molecule has 7 nitrogen and oxygen atoms in total. The third kappa shape index (κ3) is 2.34. The molecule has 2 rings (SSSR count). The highest BCUT2D eigenvalue weighted by Gasteiger charge is 2.21. The summed E-state index contributed by atoms with van der Waals surface area (Å²) in [4.78, 5) is 15.8. The van der Waals surface area contributed by atoms with Crippen molar-refractivity contribution in [2.45, 2.75) is 6.54 Å². The Morgan fingerprint density at radius 2 is 2.47 bits per heavy atom. The molecule has 0 aliphatic carbocycles. The van der Waals surface area contributed by atoms with Crippen molar-refractivity contribution in [2.75, 3.05) is 13.7 Å². The van der Waals surface area contributed by atoms with Crippen LogP contribution in [0, 0.1) is 0 Å². The Labute approximate surface area is 102 Å². The van der Waals surface area contributed by atoms with Gasteiger partial charge in [-0.2, -0.15) is 10.2 Å². The average molecular weight is 256 g/mol. The number of hydrogen-bond donors (Lipinski definition) is 1. The molecule has 0 aromatic carbocycles. The van der Waals surface area contributed by atoms with Crippen LogP contribution in [0.4, 0.5) is 0 Å². The molecule has 0 saturated heterocycles. The Kier molecular flexibility index (Phi) is 3.50. The van der Waals surface area contributed by atoms with Gasteiger partial charge in [0, 0.05) is 7.11 Å². The fourth-order valence-corrected chi connectivity index (χ4v) is 1.59. The second kappa shape index (κ2) is 5.07. The zero-order valence-corrected chi connectivity index (χ0v) is 9.81. The smallest absolute Gasteiger partial charge is 0.249 e. The topological polar surface area (TPSA) is 85.7 Å². The molecule has 2 aromatic rings. The summed E-state index contributed by atoms with van der Waals surface area (Å²) in [6, 6.07) is 0. The number of nitrogens with zero attached hydrogens (tertiary/aromatic N) is 4. The lowest BCUT2D eigenvalue weighted by Crippen LogP contribution is -2.15. The van der Waals surface area contributed by atoms with Crippen molar-refractivity contribution in [2.24, 2.45) is 0 Å². The monoisotopic (exact) mass is 255 g/mol. The number of aromatic nitrogens is 5. The molecule has 1 N–H and O–H groups in total. The summed E-state index contributed by atoms with van der Waals surface area (Å²) in [7, 11) is 1.57. The van der Waals surface area contributed by atoms with Crippen molar-refractivity contribution in [3.05, 3.63) is 29.1 Å². The van der Waals surface area contributed by atoms with E-state index in [2.05, 4.69) is 20.3 Å². The summed E-state index contributed by atoms with van der Waals surface area (Å²) in [6.45, 7) is 0.882. The normalized spacial score (nSPS) is 10.7. The van der Waals surface area contributed by atoms with E-state index in [1.165, 1.54) is 17.2 Å². The predicted molar refractivity (Wildman–Crippen MR) is 58.9 cm³/mol. The third-order valence-corrected chi connectivity index (χ3v) is 2.42. The molecule has 0 unspecified atom stereocenters. The van der Waals surface area contributed by atoms with Gasteiger partial charge in [-0.05, 0) is 0 Å². The highest BCUT2D eigenvalue weighted by atomic mass is 35.5. The van der Waals surface area contributed by atoms with Crippen LogP contribution in [0.25, 0.3) is 0 Å². The van der Waals surface area contributed by atoms with Crippen LogP contribution in [0.5, 0.6) is 0 Å². The van der Waals surface area contributed by atoms with Gasteiger partial charge in [-0.25, -0.2) is 4.98 Å². The Morgan fingerprint density at radius 3 is 3.12 bits per heavy atom. The van der Waals surface area contributed by atoms with Crippen LogP contribution in [0.15, 0.2) is 12.5 Å². The second-order valence-electron chi connectivity index (χ2n) is 3.22. The zero-order valence-electron chi connectivity index (χ0n) is 9.05. The van der Waals surface area contributed by atoms with Gasteiger partial charge in [-0.3, -0.25) is 14.6 Å². The first-order valence-electron chi connectivity index (χ1n) is 4.84. The van der Waals surface area contributed by atoms with Crippen molar-refractivity contribution < 1.29 is 9.53 Å². The maximum absolute atomic E-state index is 12.1. The first kappa shape index (κ1) is 11.7. The predicted octanol–water partition coefficient (Wildman–Crippen LogP) is 0.532. The van der Waals surface area contributed by atoms with Crippen LogP contribution in [-0.2, 0) is 11.3 Å². The maximum Gasteiger partial charge on any atom is 0.249 e. The van der Waals surface area contributed by atoms with Gasteiger partial charge >= 0.3 is 0 Å². The van der Waals surface area contributed by atoms with E-state index in [0.29, 0.717) is 13.2 Å². The standard InChI is InChI=1S/C9H10ClN5O2/c1-17-3-2-15-7(6(10)4-13-15)8(16)9-11-5-12-14-9/h4-5H,2-3H2,1H3,(H,11,12,14). The van der Waals surface area contributed by atoms with E-state index < -0.39 is 0 Å². The number of ketones is 1. The largest absolute Gasteiger partial charge is 0.383 e. The van der Waals surface area contributed by atoms with E-state index in [0.717, 1.165) is 0 Å². The van der Waals surface area contributed by atoms with E-state index in [1.54, 1.807) is 7.11 Å². The number of hydrogen-bond acceptors (Lipinski definition) is 5. The Balaban J connectivity index is 2.31. The molecule has 0 fully saturated rings. The van der Waals surface area contributed by atoms with Gasteiger partial charge < -0.3 is 4.74 Å². The van der Waals surface area contributed by atoms with Crippen molar-refractivity contribution >= 4 is 17.4 Å². The Hall–Kier alpha value is -1.73. The summed E-state index contributed by atoms with van der Waals surface area (Å²) in [5.74, 6) is -0.216. The molecule has 0 aliphatic heterocycles.